The van der Waals surface area contributed by atoms with E-state index in [9.17, 15) is 4.39 Å². The van der Waals surface area contributed by atoms with E-state index in [1.165, 1.54) is 12.3 Å². The third-order valence-corrected chi connectivity index (χ3v) is 1.44. The summed E-state index contributed by atoms with van der Waals surface area (Å²) in [5, 5.41) is 0. The molecule has 0 unspecified atom stereocenters. The van der Waals surface area contributed by atoms with Gasteiger partial charge in [0.25, 0.3) is 5.88 Å². The van der Waals surface area contributed by atoms with E-state index in [4.69, 9.17) is 10.5 Å². The monoisotopic (exact) mass is 170 g/mol. The van der Waals surface area contributed by atoms with Gasteiger partial charge in [0.15, 0.2) is 5.82 Å². The molecule has 0 radical (unpaired) electrons. The second-order valence-corrected chi connectivity index (χ2v) is 2.23. The first-order valence-corrected chi connectivity index (χ1v) is 3.75. The summed E-state index contributed by atoms with van der Waals surface area (Å²) >= 11 is 0. The van der Waals surface area contributed by atoms with Crippen molar-refractivity contribution in [2.45, 2.75) is 13.5 Å². The standard InChI is InChI=1S/C8H11FN2O/c1-2-12-8-7(9)6(5-10)3-4-11-8/h3-4H,2,5,10H2,1H3. The highest BCUT2D eigenvalue weighted by atomic mass is 19.1. The summed E-state index contributed by atoms with van der Waals surface area (Å²) < 4.78 is 18.1. The van der Waals surface area contributed by atoms with Gasteiger partial charge in [0.05, 0.1) is 6.61 Å². The van der Waals surface area contributed by atoms with Crippen LogP contribution in [0.2, 0.25) is 0 Å². The molecule has 0 aliphatic heterocycles. The summed E-state index contributed by atoms with van der Waals surface area (Å²) in [4.78, 5) is 3.72. The summed E-state index contributed by atoms with van der Waals surface area (Å²) in [5.41, 5.74) is 5.72. The first-order valence-electron chi connectivity index (χ1n) is 3.75. The molecule has 0 bridgehead atoms. The molecule has 0 saturated heterocycles. The Bertz CT molecular complexity index is 265. The van der Waals surface area contributed by atoms with Crippen LogP contribution in [0.15, 0.2) is 12.3 Å². The lowest BCUT2D eigenvalue weighted by molar-refractivity contribution is 0.306. The minimum atomic E-state index is -0.457. The van der Waals surface area contributed by atoms with Gasteiger partial charge < -0.3 is 10.5 Å². The van der Waals surface area contributed by atoms with Gasteiger partial charge in [-0.05, 0) is 13.0 Å². The van der Waals surface area contributed by atoms with Gasteiger partial charge in [-0.25, -0.2) is 9.37 Å². The topological polar surface area (TPSA) is 48.1 Å². The number of nitrogens with zero attached hydrogens (tertiary/aromatic N) is 1. The molecule has 0 fully saturated rings. The summed E-state index contributed by atoms with van der Waals surface area (Å²) in [7, 11) is 0. The SMILES string of the molecule is CCOc1nccc(CN)c1F. The van der Waals surface area contributed by atoms with Crippen LogP contribution in [0.1, 0.15) is 12.5 Å². The molecule has 0 aromatic carbocycles. The predicted octanol–water partition coefficient (Wildman–Crippen LogP) is 1.08. The van der Waals surface area contributed by atoms with Crippen LogP contribution in [-0.4, -0.2) is 11.6 Å². The number of hydrogen-bond acceptors (Lipinski definition) is 3. The Kier molecular flexibility index (Phi) is 2.99. The van der Waals surface area contributed by atoms with E-state index in [1.54, 1.807) is 6.92 Å². The average molecular weight is 170 g/mol. The Balaban J connectivity index is 2.97. The Morgan fingerprint density at radius 1 is 1.67 bits per heavy atom. The Labute approximate surface area is 70.4 Å². The van der Waals surface area contributed by atoms with Crippen molar-refractivity contribution in [2.24, 2.45) is 5.73 Å². The molecular weight excluding hydrogens is 159 g/mol. The van der Waals surface area contributed by atoms with E-state index in [2.05, 4.69) is 4.98 Å². The van der Waals surface area contributed by atoms with Crippen molar-refractivity contribution < 1.29 is 9.13 Å². The minimum Gasteiger partial charge on any atom is -0.476 e. The number of halogens is 1. The molecule has 1 aromatic rings. The Morgan fingerprint density at radius 2 is 2.42 bits per heavy atom. The van der Waals surface area contributed by atoms with Crippen molar-refractivity contribution in [1.82, 2.24) is 4.98 Å². The van der Waals surface area contributed by atoms with Gasteiger partial charge in [-0.1, -0.05) is 0 Å². The van der Waals surface area contributed by atoms with Crippen LogP contribution in [0.5, 0.6) is 5.88 Å². The molecule has 0 aliphatic rings. The number of pyridine rings is 1. The smallest absolute Gasteiger partial charge is 0.250 e. The highest BCUT2D eigenvalue weighted by Crippen LogP contribution is 2.16. The Morgan fingerprint density at radius 3 is 3.00 bits per heavy atom. The zero-order chi connectivity index (χ0) is 8.97. The molecule has 2 N–H and O–H groups in total. The third kappa shape index (κ3) is 1.71. The van der Waals surface area contributed by atoms with E-state index in [-0.39, 0.29) is 12.4 Å². The Hall–Kier alpha value is -1.16. The molecular formula is C8H11FN2O. The normalized spacial score (nSPS) is 9.92. The fraction of sp³-hybridized carbons (Fsp3) is 0.375. The molecule has 4 heteroatoms. The molecule has 0 spiro atoms. The largest absolute Gasteiger partial charge is 0.476 e. The lowest BCUT2D eigenvalue weighted by Crippen LogP contribution is -2.04. The molecule has 1 aromatic heterocycles. The van der Waals surface area contributed by atoms with Gasteiger partial charge >= 0.3 is 0 Å². The number of aromatic nitrogens is 1. The van der Waals surface area contributed by atoms with Gasteiger partial charge in [0, 0.05) is 18.3 Å². The highest BCUT2D eigenvalue weighted by molar-refractivity contribution is 5.23. The molecule has 3 nitrogen and oxygen atoms in total. The zero-order valence-electron chi connectivity index (χ0n) is 6.88. The van der Waals surface area contributed by atoms with E-state index in [0.29, 0.717) is 12.2 Å². The third-order valence-electron chi connectivity index (χ3n) is 1.44. The van der Waals surface area contributed by atoms with Crippen molar-refractivity contribution in [3.63, 3.8) is 0 Å². The van der Waals surface area contributed by atoms with Gasteiger partial charge in [-0.3, -0.25) is 0 Å². The van der Waals surface area contributed by atoms with Crippen LogP contribution in [-0.2, 0) is 6.54 Å². The lowest BCUT2D eigenvalue weighted by Gasteiger charge is -2.05. The second-order valence-electron chi connectivity index (χ2n) is 2.23. The molecule has 0 aliphatic carbocycles. The number of nitrogens with two attached hydrogens (primary N) is 1. The van der Waals surface area contributed by atoms with Crippen LogP contribution in [0.4, 0.5) is 4.39 Å². The van der Waals surface area contributed by atoms with Crippen LogP contribution < -0.4 is 10.5 Å². The molecule has 1 rings (SSSR count). The van der Waals surface area contributed by atoms with Crippen LogP contribution in [0.25, 0.3) is 0 Å². The summed E-state index contributed by atoms with van der Waals surface area (Å²) in [6.45, 7) is 2.34. The van der Waals surface area contributed by atoms with Gasteiger partial charge in [0.1, 0.15) is 0 Å². The fourth-order valence-electron chi connectivity index (χ4n) is 0.857. The molecule has 1 heterocycles. The average Bonchev–Trinajstić information content (AvgIpc) is 2.09. The minimum absolute atomic E-state index is 0.0282. The van der Waals surface area contributed by atoms with Gasteiger partial charge in [-0.15, -0.1) is 0 Å². The van der Waals surface area contributed by atoms with Crippen LogP contribution in [0.3, 0.4) is 0 Å². The summed E-state index contributed by atoms with van der Waals surface area (Å²) in [5.74, 6) is -0.428. The van der Waals surface area contributed by atoms with Crippen molar-refractivity contribution in [1.29, 1.82) is 0 Å². The maximum Gasteiger partial charge on any atom is 0.250 e. The summed E-state index contributed by atoms with van der Waals surface area (Å²) in [6.07, 6.45) is 1.48. The highest BCUT2D eigenvalue weighted by Gasteiger charge is 2.07. The number of ether oxygens (including phenoxy) is 1. The summed E-state index contributed by atoms with van der Waals surface area (Å²) in [6, 6.07) is 1.54. The lowest BCUT2D eigenvalue weighted by atomic mass is 10.2. The molecule has 0 atom stereocenters. The van der Waals surface area contributed by atoms with E-state index in [1.807, 2.05) is 0 Å². The van der Waals surface area contributed by atoms with Crippen molar-refractivity contribution in [3.05, 3.63) is 23.6 Å². The first-order chi connectivity index (χ1) is 5.79. The maximum absolute atomic E-state index is 13.2. The molecule has 66 valence electrons. The molecule has 0 amide bonds. The van der Waals surface area contributed by atoms with Crippen LogP contribution in [0, 0.1) is 5.82 Å². The molecule has 0 saturated carbocycles. The van der Waals surface area contributed by atoms with Crippen LogP contribution >= 0.6 is 0 Å². The number of rotatable bonds is 3. The van der Waals surface area contributed by atoms with E-state index >= 15 is 0 Å². The number of hydrogen-bond donors (Lipinski definition) is 1. The second kappa shape index (κ2) is 4.01. The van der Waals surface area contributed by atoms with Gasteiger partial charge in [-0.2, -0.15) is 0 Å². The van der Waals surface area contributed by atoms with E-state index in [0.717, 1.165) is 0 Å². The zero-order valence-corrected chi connectivity index (χ0v) is 6.88. The quantitative estimate of drug-likeness (QED) is 0.738. The first kappa shape index (κ1) is 8.93. The fourth-order valence-corrected chi connectivity index (χ4v) is 0.857. The molecule has 12 heavy (non-hydrogen) atoms. The predicted molar refractivity (Wildman–Crippen MR) is 43.3 cm³/mol. The van der Waals surface area contributed by atoms with Crippen molar-refractivity contribution in [2.75, 3.05) is 6.61 Å². The van der Waals surface area contributed by atoms with E-state index < -0.39 is 5.82 Å². The van der Waals surface area contributed by atoms with Crippen molar-refractivity contribution in [3.8, 4) is 5.88 Å². The van der Waals surface area contributed by atoms with Crippen molar-refractivity contribution >= 4 is 0 Å². The van der Waals surface area contributed by atoms with Gasteiger partial charge in [0.2, 0.25) is 0 Å². The maximum atomic E-state index is 13.2.